The highest BCUT2D eigenvalue weighted by molar-refractivity contribution is 5.96. The molecule has 0 bridgehead atoms. The smallest absolute Gasteiger partial charge is 0.0598 e. The highest BCUT2D eigenvalue weighted by Gasteiger charge is 2.08. The van der Waals surface area contributed by atoms with E-state index in [9.17, 15) is 0 Å². The maximum absolute atomic E-state index is 3.39. The fraction of sp³-hybridized carbons (Fsp3) is 0.333. The Labute approximate surface area is 103 Å². The molecule has 0 atom stereocenters. The third-order valence-electron chi connectivity index (χ3n) is 3.08. The van der Waals surface area contributed by atoms with Crippen molar-refractivity contribution in [2.45, 2.75) is 20.8 Å². The van der Waals surface area contributed by atoms with Gasteiger partial charge in [-0.1, -0.05) is 37.3 Å². The van der Waals surface area contributed by atoms with E-state index in [1.807, 2.05) is 0 Å². The maximum atomic E-state index is 3.39. The number of hydrogen-bond acceptors (Lipinski definition) is 2. The zero-order valence-corrected chi connectivity index (χ0v) is 10.8. The number of aryl methyl sites for hydroxylation is 1. The molecule has 0 radical (unpaired) electrons. The van der Waals surface area contributed by atoms with Gasteiger partial charge in [-0.05, 0) is 30.9 Å². The van der Waals surface area contributed by atoms with Crippen LogP contribution >= 0.6 is 0 Å². The van der Waals surface area contributed by atoms with Gasteiger partial charge in [-0.2, -0.15) is 0 Å². The molecule has 2 aromatic carbocycles. The normalized spacial score (nSPS) is 10.8. The van der Waals surface area contributed by atoms with E-state index in [2.05, 4.69) is 67.6 Å². The molecule has 2 aromatic rings. The van der Waals surface area contributed by atoms with Crippen molar-refractivity contribution in [3.63, 3.8) is 0 Å². The first-order valence-corrected chi connectivity index (χ1v) is 6.27. The van der Waals surface area contributed by atoms with Crippen LogP contribution in [0.3, 0.4) is 0 Å². The second-order valence-electron chi connectivity index (χ2n) is 4.20. The van der Waals surface area contributed by atoms with Crippen LogP contribution in [0.4, 0.5) is 5.69 Å². The van der Waals surface area contributed by atoms with Gasteiger partial charge < -0.3 is 5.01 Å². The summed E-state index contributed by atoms with van der Waals surface area (Å²) in [5.74, 6) is 0. The Bertz CT molecular complexity index is 505. The van der Waals surface area contributed by atoms with E-state index in [1.165, 1.54) is 22.0 Å². The molecule has 0 spiro atoms. The minimum absolute atomic E-state index is 0.941. The molecule has 0 aliphatic carbocycles. The summed E-state index contributed by atoms with van der Waals surface area (Å²) in [7, 11) is 0. The van der Waals surface area contributed by atoms with Crippen LogP contribution in [0.15, 0.2) is 36.4 Å². The third-order valence-corrected chi connectivity index (χ3v) is 3.08. The van der Waals surface area contributed by atoms with Crippen LogP contribution in [-0.4, -0.2) is 13.1 Å². The Balaban J connectivity index is 2.57. The molecule has 0 aromatic heterocycles. The van der Waals surface area contributed by atoms with Crippen molar-refractivity contribution in [1.29, 1.82) is 0 Å². The van der Waals surface area contributed by atoms with Gasteiger partial charge in [-0.3, -0.25) is 0 Å². The van der Waals surface area contributed by atoms with Crippen molar-refractivity contribution in [3.05, 3.63) is 42.0 Å². The van der Waals surface area contributed by atoms with Gasteiger partial charge >= 0.3 is 0 Å². The number of anilines is 1. The van der Waals surface area contributed by atoms with Crippen molar-refractivity contribution in [1.82, 2.24) is 5.43 Å². The molecule has 0 heterocycles. The lowest BCUT2D eigenvalue weighted by Crippen LogP contribution is -2.37. The summed E-state index contributed by atoms with van der Waals surface area (Å²) >= 11 is 0. The van der Waals surface area contributed by atoms with E-state index in [4.69, 9.17) is 0 Å². The first-order chi connectivity index (χ1) is 8.27. The third kappa shape index (κ3) is 2.27. The number of hydrazine groups is 1. The lowest BCUT2D eigenvalue weighted by molar-refractivity contribution is 0.666. The largest absolute Gasteiger partial charge is 0.308 e. The van der Waals surface area contributed by atoms with E-state index in [0.717, 1.165) is 13.1 Å². The van der Waals surface area contributed by atoms with Gasteiger partial charge in [0.1, 0.15) is 0 Å². The molecule has 1 N–H and O–H groups in total. The lowest BCUT2D eigenvalue weighted by Gasteiger charge is -2.25. The monoisotopic (exact) mass is 228 g/mol. The SMILES string of the molecule is CCNN(CC)c1ccc(C)c2ccccc12. The van der Waals surface area contributed by atoms with Gasteiger partial charge in [0.15, 0.2) is 0 Å². The first-order valence-electron chi connectivity index (χ1n) is 6.27. The number of nitrogens with zero attached hydrogens (tertiary/aromatic N) is 1. The van der Waals surface area contributed by atoms with Crippen LogP contribution in [0.25, 0.3) is 10.8 Å². The van der Waals surface area contributed by atoms with Gasteiger partial charge in [0.2, 0.25) is 0 Å². The van der Waals surface area contributed by atoms with Crippen molar-refractivity contribution < 1.29 is 0 Å². The predicted molar refractivity (Wildman–Crippen MR) is 75.4 cm³/mol. The Morgan fingerprint density at radius 2 is 1.71 bits per heavy atom. The van der Waals surface area contributed by atoms with E-state index < -0.39 is 0 Å². The van der Waals surface area contributed by atoms with E-state index >= 15 is 0 Å². The van der Waals surface area contributed by atoms with Crippen LogP contribution in [0, 0.1) is 6.92 Å². The maximum Gasteiger partial charge on any atom is 0.0598 e. The van der Waals surface area contributed by atoms with E-state index in [1.54, 1.807) is 0 Å². The second kappa shape index (κ2) is 5.19. The van der Waals surface area contributed by atoms with Gasteiger partial charge in [-0.25, -0.2) is 5.43 Å². The Kier molecular flexibility index (Phi) is 3.64. The Morgan fingerprint density at radius 3 is 2.35 bits per heavy atom. The first kappa shape index (κ1) is 11.9. The lowest BCUT2D eigenvalue weighted by atomic mass is 10.0. The minimum Gasteiger partial charge on any atom is -0.308 e. The average molecular weight is 228 g/mol. The summed E-state index contributed by atoms with van der Waals surface area (Å²) < 4.78 is 0. The second-order valence-corrected chi connectivity index (χ2v) is 4.20. The molecule has 17 heavy (non-hydrogen) atoms. The van der Waals surface area contributed by atoms with E-state index in [-0.39, 0.29) is 0 Å². The highest BCUT2D eigenvalue weighted by atomic mass is 15.5. The fourth-order valence-electron chi connectivity index (χ4n) is 2.23. The molecule has 2 nitrogen and oxygen atoms in total. The number of rotatable bonds is 4. The molecule has 0 aliphatic rings. The molecule has 0 saturated carbocycles. The van der Waals surface area contributed by atoms with Gasteiger partial charge in [0.05, 0.1) is 5.69 Å². The molecule has 0 aliphatic heterocycles. The molecule has 90 valence electrons. The summed E-state index contributed by atoms with van der Waals surface area (Å²) in [6.45, 7) is 8.35. The van der Waals surface area contributed by atoms with Crippen LogP contribution in [0.2, 0.25) is 0 Å². The van der Waals surface area contributed by atoms with Gasteiger partial charge in [-0.15, -0.1) is 0 Å². The molecule has 2 heteroatoms. The molecular formula is C15H20N2. The summed E-state index contributed by atoms with van der Waals surface area (Å²) in [4.78, 5) is 0. The average Bonchev–Trinajstić information content (AvgIpc) is 2.37. The molecule has 0 saturated heterocycles. The van der Waals surface area contributed by atoms with Gasteiger partial charge in [0.25, 0.3) is 0 Å². The van der Waals surface area contributed by atoms with Crippen LogP contribution in [-0.2, 0) is 0 Å². The number of nitrogens with one attached hydrogen (secondary N) is 1. The molecule has 0 fully saturated rings. The van der Waals surface area contributed by atoms with Crippen LogP contribution < -0.4 is 10.4 Å². The fourth-order valence-corrected chi connectivity index (χ4v) is 2.23. The Morgan fingerprint density at radius 1 is 1.00 bits per heavy atom. The summed E-state index contributed by atoms with van der Waals surface area (Å²) in [6.07, 6.45) is 0. The zero-order chi connectivity index (χ0) is 12.3. The molecule has 0 amide bonds. The quantitative estimate of drug-likeness (QED) is 0.806. The number of fused-ring (bicyclic) bond motifs is 1. The highest BCUT2D eigenvalue weighted by Crippen LogP contribution is 2.28. The van der Waals surface area contributed by atoms with Crippen molar-refractivity contribution >= 4 is 16.5 Å². The van der Waals surface area contributed by atoms with Crippen LogP contribution in [0.1, 0.15) is 19.4 Å². The topological polar surface area (TPSA) is 15.3 Å². The number of benzene rings is 2. The zero-order valence-electron chi connectivity index (χ0n) is 10.8. The predicted octanol–water partition coefficient (Wildman–Crippen LogP) is 3.50. The molecular weight excluding hydrogens is 208 g/mol. The molecule has 0 unspecified atom stereocenters. The number of hydrogen-bond donors (Lipinski definition) is 1. The standard InChI is InChI=1S/C15H20N2/c1-4-16-17(5-2)15-11-10-12(3)13-8-6-7-9-14(13)15/h6-11,16H,4-5H2,1-3H3. The van der Waals surface area contributed by atoms with Crippen molar-refractivity contribution in [2.75, 3.05) is 18.1 Å². The summed E-state index contributed by atoms with van der Waals surface area (Å²) in [6, 6.07) is 13.0. The summed E-state index contributed by atoms with van der Waals surface area (Å²) in [5, 5.41) is 4.86. The van der Waals surface area contributed by atoms with Crippen LogP contribution in [0.5, 0.6) is 0 Å². The molecule has 2 rings (SSSR count). The van der Waals surface area contributed by atoms with Crippen molar-refractivity contribution in [2.24, 2.45) is 0 Å². The minimum atomic E-state index is 0.941. The summed E-state index contributed by atoms with van der Waals surface area (Å²) in [5.41, 5.74) is 5.98. The Hall–Kier alpha value is -1.54. The van der Waals surface area contributed by atoms with Gasteiger partial charge in [0, 0.05) is 18.5 Å². The van der Waals surface area contributed by atoms with E-state index in [0.29, 0.717) is 0 Å². The van der Waals surface area contributed by atoms with Crippen molar-refractivity contribution in [3.8, 4) is 0 Å².